The number of hydrogen-bond donors (Lipinski definition) is 2. The molecule has 0 fully saturated rings. The molecule has 3 N–H and O–H groups in total. The van der Waals surface area contributed by atoms with E-state index in [1.54, 1.807) is 29.6 Å². The number of hydrogen-bond acceptors (Lipinski definition) is 4. The lowest BCUT2D eigenvalue weighted by molar-refractivity contribution is 0.1000. The maximum atomic E-state index is 10.8. The minimum absolute atomic E-state index is 0.198. The van der Waals surface area contributed by atoms with E-state index >= 15 is 0 Å². The minimum atomic E-state index is -0.523. The van der Waals surface area contributed by atoms with Crippen molar-refractivity contribution in [3.63, 3.8) is 0 Å². The molecule has 0 saturated carbocycles. The van der Waals surface area contributed by atoms with Crippen molar-refractivity contribution in [2.24, 2.45) is 5.73 Å². The summed E-state index contributed by atoms with van der Waals surface area (Å²) in [7, 11) is 0. The molecule has 15 heavy (non-hydrogen) atoms. The van der Waals surface area contributed by atoms with Gasteiger partial charge in [0.1, 0.15) is 5.75 Å². The number of benzene rings is 1. The maximum absolute atomic E-state index is 10.8. The molecular weight excluding hydrogens is 212 g/mol. The van der Waals surface area contributed by atoms with E-state index in [-0.39, 0.29) is 10.8 Å². The summed E-state index contributed by atoms with van der Waals surface area (Å²) in [5.41, 5.74) is 6.63. The molecule has 0 unspecified atom stereocenters. The first kappa shape index (κ1) is 9.67. The minimum Gasteiger partial charge on any atom is -0.508 e. The van der Waals surface area contributed by atoms with Gasteiger partial charge in [0.2, 0.25) is 0 Å². The van der Waals surface area contributed by atoms with E-state index in [0.717, 1.165) is 5.56 Å². The van der Waals surface area contributed by atoms with E-state index in [1.807, 2.05) is 0 Å². The number of amides is 1. The van der Waals surface area contributed by atoms with Gasteiger partial charge in [-0.05, 0) is 24.3 Å². The van der Waals surface area contributed by atoms with E-state index in [1.165, 1.54) is 11.3 Å². The summed E-state index contributed by atoms with van der Waals surface area (Å²) in [5, 5.41) is 11.2. The Balaban J connectivity index is 2.37. The number of phenolic OH excluding ortho intramolecular Hbond substituents is 1. The van der Waals surface area contributed by atoms with Crippen molar-refractivity contribution in [2.75, 3.05) is 0 Å². The average molecular weight is 220 g/mol. The van der Waals surface area contributed by atoms with E-state index in [4.69, 9.17) is 10.8 Å². The van der Waals surface area contributed by atoms with Gasteiger partial charge in [0.05, 0.1) is 5.69 Å². The molecular formula is C10H8N2O2S. The Hall–Kier alpha value is -1.88. The quantitative estimate of drug-likeness (QED) is 0.807. The first-order chi connectivity index (χ1) is 7.16. The van der Waals surface area contributed by atoms with Crippen molar-refractivity contribution in [1.29, 1.82) is 0 Å². The fourth-order valence-corrected chi connectivity index (χ4v) is 1.83. The highest BCUT2D eigenvalue weighted by atomic mass is 32.1. The molecule has 0 aliphatic heterocycles. The van der Waals surface area contributed by atoms with Crippen LogP contribution < -0.4 is 5.73 Å². The summed E-state index contributed by atoms with van der Waals surface area (Å²) in [4.78, 5) is 14.9. The predicted octanol–water partition coefficient (Wildman–Crippen LogP) is 1.61. The molecule has 0 aliphatic rings. The second-order valence-electron chi connectivity index (χ2n) is 2.95. The van der Waals surface area contributed by atoms with E-state index in [9.17, 15) is 4.79 Å². The van der Waals surface area contributed by atoms with Crippen LogP contribution in [0.25, 0.3) is 11.3 Å². The van der Waals surface area contributed by atoms with Crippen LogP contribution in [0, 0.1) is 0 Å². The molecule has 4 nitrogen and oxygen atoms in total. The van der Waals surface area contributed by atoms with Gasteiger partial charge in [0.25, 0.3) is 5.91 Å². The molecule has 5 heteroatoms. The summed E-state index contributed by atoms with van der Waals surface area (Å²) in [6.07, 6.45) is 0. The lowest BCUT2D eigenvalue weighted by Crippen LogP contribution is -2.10. The zero-order chi connectivity index (χ0) is 10.8. The number of rotatable bonds is 2. The van der Waals surface area contributed by atoms with Crippen LogP contribution in [-0.4, -0.2) is 16.0 Å². The number of primary amides is 1. The zero-order valence-electron chi connectivity index (χ0n) is 7.68. The molecule has 0 bridgehead atoms. The summed E-state index contributed by atoms with van der Waals surface area (Å²) in [5.74, 6) is -0.325. The van der Waals surface area contributed by atoms with Crippen LogP contribution >= 0.6 is 11.3 Å². The Morgan fingerprint density at radius 1 is 1.33 bits per heavy atom. The van der Waals surface area contributed by atoms with Gasteiger partial charge in [-0.2, -0.15) is 0 Å². The summed E-state index contributed by atoms with van der Waals surface area (Å²) in [6, 6.07) is 6.60. The third-order valence-electron chi connectivity index (χ3n) is 1.88. The van der Waals surface area contributed by atoms with E-state index in [2.05, 4.69) is 4.98 Å². The number of phenols is 1. The Morgan fingerprint density at radius 2 is 2.00 bits per heavy atom. The Labute approximate surface area is 90.0 Å². The lowest BCUT2D eigenvalue weighted by atomic mass is 10.2. The largest absolute Gasteiger partial charge is 0.508 e. The molecule has 1 aromatic carbocycles. The van der Waals surface area contributed by atoms with Crippen LogP contribution in [0.1, 0.15) is 9.80 Å². The molecule has 2 aromatic rings. The second kappa shape index (κ2) is 3.70. The Bertz CT molecular complexity index is 490. The molecule has 1 heterocycles. The van der Waals surface area contributed by atoms with Gasteiger partial charge in [-0.1, -0.05) is 0 Å². The number of aromatic hydroxyl groups is 1. The maximum Gasteiger partial charge on any atom is 0.277 e. The standard InChI is InChI=1S/C10H8N2O2S/c11-9(14)10-12-8(5-15-10)6-1-3-7(13)4-2-6/h1-5,13H,(H2,11,14). The molecule has 0 aliphatic carbocycles. The SMILES string of the molecule is NC(=O)c1nc(-c2ccc(O)cc2)cs1. The summed E-state index contributed by atoms with van der Waals surface area (Å²) >= 11 is 1.21. The van der Waals surface area contributed by atoms with Crippen LogP contribution in [0.5, 0.6) is 5.75 Å². The smallest absolute Gasteiger partial charge is 0.277 e. The van der Waals surface area contributed by atoms with Gasteiger partial charge in [0, 0.05) is 10.9 Å². The van der Waals surface area contributed by atoms with Crippen LogP contribution in [0.4, 0.5) is 0 Å². The number of nitrogens with zero attached hydrogens (tertiary/aromatic N) is 1. The normalized spacial score (nSPS) is 10.1. The molecule has 1 aromatic heterocycles. The highest BCUT2D eigenvalue weighted by Gasteiger charge is 2.08. The number of nitrogens with two attached hydrogens (primary N) is 1. The monoisotopic (exact) mass is 220 g/mol. The highest BCUT2D eigenvalue weighted by Crippen LogP contribution is 2.23. The van der Waals surface area contributed by atoms with Crippen LogP contribution in [0.2, 0.25) is 0 Å². The van der Waals surface area contributed by atoms with Gasteiger partial charge in [0.15, 0.2) is 5.01 Å². The molecule has 0 atom stereocenters. The molecule has 1 amide bonds. The number of thiazole rings is 1. The fourth-order valence-electron chi connectivity index (χ4n) is 1.15. The van der Waals surface area contributed by atoms with Crippen molar-refractivity contribution >= 4 is 17.2 Å². The third-order valence-corrected chi connectivity index (χ3v) is 2.73. The number of carbonyl (C=O) groups is 1. The van der Waals surface area contributed by atoms with Gasteiger partial charge in [-0.25, -0.2) is 4.98 Å². The van der Waals surface area contributed by atoms with Gasteiger partial charge < -0.3 is 10.8 Å². The first-order valence-electron chi connectivity index (χ1n) is 4.21. The summed E-state index contributed by atoms with van der Waals surface area (Å²) < 4.78 is 0. The Morgan fingerprint density at radius 3 is 2.53 bits per heavy atom. The molecule has 2 rings (SSSR count). The van der Waals surface area contributed by atoms with Crippen LogP contribution in [-0.2, 0) is 0 Å². The fraction of sp³-hybridized carbons (Fsp3) is 0. The second-order valence-corrected chi connectivity index (χ2v) is 3.81. The number of aromatic nitrogens is 1. The summed E-state index contributed by atoms with van der Waals surface area (Å²) in [6.45, 7) is 0. The van der Waals surface area contributed by atoms with Crippen molar-refractivity contribution < 1.29 is 9.90 Å². The molecule has 0 spiro atoms. The highest BCUT2D eigenvalue weighted by molar-refractivity contribution is 7.12. The van der Waals surface area contributed by atoms with E-state index in [0.29, 0.717) is 5.69 Å². The lowest BCUT2D eigenvalue weighted by Gasteiger charge is -1.95. The first-order valence-corrected chi connectivity index (χ1v) is 5.09. The van der Waals surface area contributed by atoms with Crippen molar-refractivity contribution in [3.05, 3.63) is 34.7 Å². The van der Waals surface area contributed by atoms with Gasteiger partial charge in [-0.3, -0.25) is 4.79 Å². The molecule has 0 saturated heterocycles. The van der Waals surface area contributed by atoms with Gasteiger partial charge in [-0.15, -0.1) is 11.3 Å². The molecule has 76 valence electrons. The Kier molecular flexibility index (Phi) is 2.39. The zero-order valence-corrected chi connectivity index (χ0v) is 8.49. The van der Waals surface area contributed by atoms with E-state index < -0.39 is 5.91 Å². The van der Waals surface area contributed by atoms with Gasteiger partial charge >= 0.3 is 0 Å². The van der Waals surface area contributed by atoms with Crippen molar-refractivity contribution in [2.45, 2.75) is 0 Å². The van der Waals surface area contributed by atoms with Crippen molar-refractivity contribution in [1.82, 2.24) is 4.98 Å². The molecule has 0 radical (unpaired) electrons. The third kappa shape index (κ3) is 1.97. The van der Waals surface area contributed by atoms with Crippen LogP contribution in [0.3, 0.4) is 0 Å². The topological polar surface area (TPSA) is 76.2 Å². The average Bonchev–Trinajstić information content (AvgIpc) is 2.68. The van der Waals surface area contributed by atoms with Crippen LogP contribution in [0.15, 0.2) is 29.6 Å². The number of carbonyl (C=O) groups excluding carboxylic acids is 1. The van der Waals surface area contributed by atoms with Crippen molar-refractivity contribution in [3.8, 4) is 17.0 Å². The predicted molar refractivity (Wildman–Crippen MR) is 57.7 cm³/mol.